The summed E-state index contributed by atoms with van der Waals surface area (Å²) in [6.07, 6.45) is 7.52. The smallest absolute Gasteiger partial charge is 0.226 e. The maximum atomic E-state index is 6.26. The Balaban J connectivity index is 2.28. The molecule has 100 valence electrons. The first kappa shape index (κ1) is 13.0. The van der Waals surface area contributed by atoms with Crippen molar-refractivity contribution in [3.8, 4) is 0 Å². The topological polar surface area (TPSA) is 54.8 Å². The van der Waals surface area contributed by atoms with Gasteiger partial charge in [-0.05, 0) is 25.3 Å². The zero-order valence-electron chi connectivity index (χ0n) is 11.4. The molecule has 4 nitrogen and oxygen atoms in total. The summed E-state index contributed by atoms with van der Waals surface area (Å²) in [6.45, 7) is 5.37. The molecule has 4 heteroatoms. The van der Waals surface area contributed by atoms with Gasteiger partial charge in [0.05, 0.1) is 11.5 Å². The minimum absolute atomic E-state index is 0.148. The van der Waals surface area contributed by atoms with Gasteiger partial charge in [-0.1, -0.05) is 26.7 Å². The minimum atomic E-state index is 0.148. The molecule has 0 saturated carbocycles. The van der Waals surface area contributed by atoms with Gasteiger partial charge in [-0.15, -0.1) is 0 Å². The third kappa shape index (κ3) is 2.52. The molecular formula is C14H23N3O. The van der Waals surface area contributed by atoms with Crippen LogP contribution in [0.15, 0.2) is 21.7 Å². The zero-order valence-corrected chi connectivity index (χ0v) is 11.4. The lowest BCUT2D eigenvalue weighted by atomic mass is 10.1. The summed E-state index contributed by atoms with van der Waals surface area (Å²) < 4.78 is 5.40. The van der Waals surface area contributed by atoms with Crippen molar-refractivity contribution >= 4 is 5.82 Å². The van der Waals surface area contributed by atoms with Crippen LogP contribution in [0.3, 0.4) is 0 Å². The average molecular weight is 249 g/mol. The van der Waals surface area contributed by atoms with Crippen LogP contribution >= 0.6 is 0 Å². The molecule has 2 rings (SSSR count). The highest BCUT2D eigenvalue weighted by molar-refractivity contribution is 5.39. The van der Waals surface area contributed by atoms with E-state index in [4.69, 9.17) is 10.2 Å². The fourth-order valence-electron chi connectivity index (χ4n) is 2.32. The van der Waals surface area contributed by atoms with Crippen LogP contribution in [-0.4, -0.2) is 17.6 Å². The van der Waals surface area contributed by atoms with Gasteiger partial charge in [-0.3, -0.25) is 0 Å². The van der Waals surface area contributed by atoms with Gasteiger partial charge in [-0.2, -0.15) is 0 Å². The molecule has 1 aromatic heterocycles. The number of hydrogen-bond acceptors (Lipinski definition) is 4. The zero-order chi connectivity index (χ0) is 13.0. The minimum Gasteiger partial charge on any atom is -0.446 e. The van der Waals surface area contributed by atoms with Gasteiger partial charge < -0.3 is 15.1 Å². The summed E-state index contributed by atoms with van der Waals surface area (Å²) in [4.78, 5) is 6.92. The summed E-state index contributed by atoms with van der Waals surface area (Å²) in [6, 6.07) is 1.91. The molecule has 0 amide bonds. The third-order valence-corrected chi connectivity index (χ3v) is 3.42. The molecular weight excluding hydrogens is 226 g/mol. The van der Waals surface area contributed by atoms with E-state index in [9.17, 15) is 0 Å². The molecule has 18 heavy (non-hydrogen) atoms. The Bertz CT molecular complexity index is 491. The van der Waals surface area contributed by atoms with Crippen molar-refractivity contribution in [2.45, 2.75) is 52.1 Å². The van der Waals surface area contributed by atoms with Crippen molar-refractivity contribution in [1.29, 1.82) is 0 Å². The molecule has 1 atom stereocenters. The van der Waals surface area contributed by atoms with Crippen LogP contribution in [0.4, 0.5) is 0 Å². The molecule has 0 bridgehead atoms. The van der Waals surface area contributed by atoms with Gasteiger partial charge in [0.2, 0.25) is 5.55 Å². The second-order valence-corrected chi connectivity index (χ2v) is 4.82. The quantitative estimate of drug-likeness (QED) is 0.832. The molecule has 2 N–H and O–H groups in total. The fourth-order valence-corrected chi connectivity index (χ4v) is 2.32. The van der Waals surface area contributed by atoms with Crippen LogP contribution in [0.5, 0.6) is 0 Å². The molecule has 0 aliphatic carbocycles. The lowest BCUT2D eigenvalue weighted by molar-refractivity contribution is 0.252. The fraction of sp³-hybridized carbons (Fsp3) is 0.643. The van der Waals surface area contributed by atoms with E-state index in [0.29, 0.717) is 5.55 Å². The Morgan fingerprint density at radius 1 is 1.33 bits per heavy atom. The Morgan fingerprint density at radius 2 is 2.11 bits per heavy atom. The van der Waals surface area contributed by atoms with Crippen LogP contribution in [0.25, 0.3) is 5.82 Å². The normalized spacial score (nSPS) is 18.7. The molecule has 0 fully saturated rings. The molecule has 0 saturated heterocycles. The largest absolute Gasteiger partial charge is 0.446 e. The van der Waals surface area contributed by atoms with E-state index in [2.05, 4.69) is 23.7 Å². The number of rotatable bonds is 6. The number of furan rings is 1. The van der Waals surface area contributed by atoms with Gasteiger partial charge in [0.15, 0.2) is 0 Å². The molecule has 1 aliphatic heterocycles. The molecule has 1 aliphatic rings. The Kier molecular flexibility index (Phi) is 4.28. The number of hydrogen-bond donors (Lipinski definition) is 1. The standard InChI is InChI=1S/C14H23N3O/c1-3-5-7-12-16-14-11(8-10-18-14)13(15)17(12)9-6-4-2/h8,10,12H,3-7,9,15H2,1-2H3. The second kappa shape index (κ2) is 5.94. The van der Waals surface area contributed by atoms with Gasteiger partial charge >= 0.3 is 0 Å². The van der Waals surface area contributed by atoms with E-state index in [-0.39, 0.29) is 6.17 Å². The van der Waals surface area contributed by atoms with E-state index in [0.717, 1.165) is 30.4 Å². The van der Waals surface area contributed by atoms with E-state index in [1.54, 1.807) is 6.26 Å². The van der Waals surface area contributed by atoms with Crippen molar-refractivity contribution in [2.75, 3.05) is 6.54 Å². The van der Waals surface area contributed by atoms with Gasteiger partial charge in [0.1, 0.15) is 12.0 Å². The summed E-state index contributed by atoms with van der Waals surface area (Å²) in [7, 11) is 0. The first-order valence-corrected chi connectivity index (χ1v) is 6.95. The third-order valence-electron chi connectivity index (χ3n) is 3.42. The number of unbranched alkanes of at least 4 members (excludes halogenated alkanes) is 2. The molecule has 2 heterocycles. The highest BCUT2D eigenvalue weighted by Gasteiger charge is 2.22. The first-order chi connectivity index (χ1) is 8.77. The first-order valence-electron chi connectivity index (χ1n) is 6.95. The van der Waals surface area contributed by atoms with E-state index in [1.165, 1.54) is 19.3 Å². The Labute approximate surface area is 108 Å². The highest BCUT2D eigenvalue weighted by atomic mass is 16.3. The molecule has 0 aromatic carbocycles. The summed E-state index contributed by atoms with van der Waals surface area (Å²) in [5, 5.41) is 0.943. The molecule has 1 unspecified atom stereocenters. The predicted molar refractivity (Wildman–Crippen MR) is 72.0 cm³/mol. The maximum Gasteiger partial charge on any atom is 0.226 e. The van der Waals surface area contributed by atoms with Crippen molar-refractivity contribution in [2.24, 2.45) is 10.7 Å². The van der Waals surface area contributed by atoms with E-state index in [1.807, 2.05) is 6.07 Å². The van der Waals surface area contributed by atoms with Crippen LogP contribution in [-0.2, 0) is 0 Å². The lowest BCUT2D eigenvalue weighted by Crippen LogP contribution is -2.47. The van der Waals surface area contributed by atoms with Crippen LogP contribution in [0.1, 0.15) is 46.0 Å². The SMILES string of the molecule is CCCCC1N=c2occc2=C(N)N1CCCC. The van der Waals surface area contributed by atoms with Crippen LogP contribution in [0, 0.1) is 0 Å². The number of fused-ring (bicyclic) bond motifs is 1. The van der Waals surface area contributed by atoms with Gasteiger partial charge in [-0.25, -0.2) is 4.99 Å². The summed E-state index contributed by atoms with van der Waals surface area (Å²) >= 11 is 0. The average Bonchev–Trinajstić information content (AvgIpc) is 2.84. The Hall–Kier alpha value is -1.45. The van der Waals surface area contributed by atoms with Crippen LogP contribution < -0.4 is 16.5 Å². The van der Waals surface area contributed by atoms with Crippen molar-refractivity contribution in [3.63, 3.8) is 0 Å². The second-order valence-electron chi connectivity index (χ2n) is 4.82. The van der Waals surface area contributed by atoms with Gasteiger partial charge in [0.25, 0.3) is 0 Å². The predicted octanol–water partition coefficient (Wildman–Crippen LogP) is 1.56. The van der Waals surface area contributed by atoms with E-state index < -0.39 is 0 Å². The number of nitrogens with zero attached hydrogens (tertiary/aromatic N) is 2. The molecule has 0 radical (unpaired) electrons. The number of nitrogens with two attached hydrogens (primary N) is 1. The summed E-state index contributed by atoms with van der Waals surface area (Å²) in [5.74, 6) is 0.823. The van der Waals surface area contributed by atoms with Crippen molar-refractivity contribution < 1.29 is 4.42 Å². The molecule has 1 aromatic rings. The highest BCUT2D eigenvalue weighted by Crippen LogP contribution is 2.16. The Morgan fingerprint density at radius 3 is 2.83 bits per heavy atom. The maximum absolute atomic E-state index is 6.26. The molecule has 0 spiro atoms. The van der Waals surface area contributed by atoms with Gasteiger partial charge in [0, 0.05) is 6.54 Å². The monoisotopic (exact) mass is 249 g/mol. The lowest BCUT2D eigenvalue weighted by Gasteiger charge is -2.32. The van der Waals surface area contributed by atoms with Crippen LogP contribution in [0.2, 0.25) is 0 Å². The van der Waals surface area contributed by atoms with E-state index >= 15 is 0 Å². The van der Waals surface area contributed by atoms with Crippen molar-refractivity contribution in [3.05, 3.63) is 23.1 Å². The van der Waals surface area contributed by atoms with Crippen molar-refractivity contribution in [1.82, 2.24) is 4.90 Å². The summed E-state index contributed by atoms with van der Waals surface area (Å²) in [5.41, 5.74) is 6.96.